The SMILES string of the molecule is Cc1cc(Sc2ncccn2)cc(=O)o1. The van der Waals surface area contributed by atoms with E-state index in [4.69, 9.17) is 4.42 Å². The smallest absolute Gasteiger partial charge is 0.336 e. The highest BCUT2D eigenvalue weighted by atomic mass is 32.2. The molecule has 0 aliphatic heterocycles. The Labute approximate surface area is 90.4 Å². The lowest BCUT2D eigenvalue weighted by Gasteiger charge is -1.98. The minimum atomic E-state index is -0.353. The molecule has 0 saturated carbocycles. The number of hydrogen-bond acceptors (Lipinski definition) is 5. The predicted octanol–water partition coefficient (Wildman–Crippen LogP) is 1.89. The molecule has 0 aliphatic rings. The van der Waals surface area contributed by atoms with E-state index in [1.54, 1.807) is 31.5 Å². The average Bonchev–Trinajstić information content (AvgIpc) is 2.17. The number of aryl methyl sites for hydroxylation is 1. The predicted molar refractivity (Wildman–Crippen MR) is 55.9 cm³/mol. The van der Waals surface area contributed by atoms with Gasteiger partial charge in [0.05, 0.1) is 0 Å². The summed E-state index contributed by atoms with van der Waals surface area (Å²) in [5.74, 6) is 0.584. The maximum Gasteiger partial charge on any atom is 0.336 e. The summed E-state index contributed by atoms with van der Waals surface area (Å²) < 4.78 is 4.85. The van der Waals surface area contributed by atoms with Crippen LogP contribution in [0.25, 0.3) is 0 Å². The molecule has 0 unspecified atom stereocenters. The number of hydrogen-bond donors (Lipinski definition) is 0. The van der Waals surface area contributed by atoms with Gasteiger partial charge in [-0.05, 0) is 30.8 Å². The van der Waals surface area contributed by atoms with Crippen LogP contribution in [0.5, 0.6) is 0 Å². The third-order valence-corrected chi connectivity index (χ3v) is 2.48. The van der Waals surface area contributed by atoms with Crippen LogP contribution in [0.15, 0.2) is 49.9 Å². The van der Waals surface area contributed by atoms with Crippen molar-refractivity contribution in [3.63, 3.8) is 0 Å². The van der Waals surface area contributed by atoms with Gasteiger partial charge < -0.3 is 4.42 Å². The third kappa shape index (κ3) is 2.66. The molecular weight excluding hydrogens is 212 g/mol. The van der Waals surface area contributed by atoms with Crippen LogP contribution in [0.1, 0.15) is 5.76 Å². The first-order valence-electron chi connectivity index (χ1n) is 4.31. The van der Waals surface area contributed by atoms with Crippen molar-refractivity contribution in [1.82, 2.24) is 9.97 Å². The Morgan fingerprint density at radius 1 is 1.27 bits per heavy atom. The maximum absolute atomic E-state index is 11.1. The van der Waals surface area contributed by atoms with Crippen LogP contribution in [0, 0.1) is 6.92 Å². The second kappa shape index (κ2) is 4.27. The first-order chi connectivity index (χ1) is 7.24. The van der Waals surface area contributed by atoms with E-state index in [9.17, 15) is 4.79 Å². The molecule has 0 saturated heterocycles. The van der Waals surface area contributed by atoms with Gasteiger partial charge in [-0.3, -0.25) is 0 Å². The quantitative estimate of drug-likeness (QED) is 0.723. The summed E-state index contributed by atoms with van der Waals surface area (Å²) in [4.78, 5) is 20.0. The Hall–Kier alpha value is -1.62. The normalized spacial score (nSPS) is 10.2. The molecule has 0 radical (unpaired) electrons. The lowest BCUT2D eigenvalue weighted by atomic mass is 10.4. The van der Waals surface area contributed by atoms with E-state index in [1.807, 2.05) is 0 Å². The Kier molecular flexibility index (Phi) is 2.82. The highest BCUT2D eigenvalue weighted by Gasteiger charge is 2.02. The molecule has 0 aliphatic carbocycles. The standard InChI is InChI=1S/C10H8N2O2S/c1-7-5-8(6-9(13)14-7)15-10-11-3-2-4-12-10/h2-6H,1H3. The molecule has 0 N–H and O–H groups in total. The molecule has 0 fully saturated rings. The minimum absolute atomic E-state index is 0.353. The van der Waals surface area contributed by atoms with Crippen molar-refractivity contribution in [2.75, 3.05) is 0 Å². The Balaban J connectivity index is 2.29. The first-order valence-corrected chi connectivity index (χ1v) is 5.12. The van der Waals surface area contributed by atoms with Crippen LogP contribution in [0.2, 0.25) is 0 Å². The second-order valence-corrected chi connectivity index (χ2v) is 3.90. The zero-order valence-electron chi connectivity index (χ0n) is 8.01. The van der Waals surface area contributed by atoms with Crippen LogP contribution in [0.4, 0.5) is 0 Å². The molecule has 15 heavy (non-hydrogen) atoms. The lowest BCUT2D eigenvalue weighted by molar-refractivity contribution is 0.475. The Bertz CT molecular complexity index is 510. The molecule has 2 heterocycles. The molecule has 4 nitrogen and oxygen atoms in total. The zero-order chi connectivity index (χ0) is 10.7. The molecule has 5 heteroatoms. The molecule has 2 rings (SSSR count). The summed E-state index contributed by atoms with van der Waals surface area (Å²) >= 11 is 1.33. The van der Waals surface area contributed by atoms with Crippen LogP contribution < -0.4 is 5.63 Å². The third-order valence-electron chi connectivity index (χ3n) is 1.62. The fourth-order valence-electron chi connectivity index (χ4n) is 1.08. The van der Waals surface area contributed by atoms with Gasteiger partial charge in [0.2, 0.25) is 0 Å². The highest BCUT2D eigenvalue weighted by Crippen LogP contribution is 2.22. The minimum Gasteiger partial charge on any atom is -0.428 e. The van der Waals surface area contributed by atoms with E-state index < -0.39 is 0 Å². The molecule has 2 aromatic heterocycles. The fraction of sp³-hybridized carbons (Fsp3) is 0.100. The van der Waals surface area contributed by atoms with Crippen molar-refractivity contribution < 1.29 is 4.42 Å². The first kappa shape index (κ1) is 9.92. The molecule has 0 aromatic carbocycles. The summed E-state index contributed by atoms with van der Waals surface area (Å²) in [5, 5.41) is 0.613. The van der Waals surface area contributed by atoms with Gasteiger partial charge in [0.1, 0.15) is 5.76 Å². The zero-order valence-corrected chi connectivity index (χ0v) is 8.82. The number of aromatic nitrogens is 2. The largest absolute Gasteiger partial charge is 0.428 e. The van der Waals surface area contributed by atoms with Crippen LogP contribution in [-0.2, 0) is 0 Å². The van der Waals surface area contributed by atoms with E-state index in [0.29, 0.717) is 10.9 Å². The summed E-state index contributed by atoms with van der Waals surface area (Å²) in [6, 6.07) is 4.95. The van der Waals surface area contributed by atoms with Gasteiger partial charge in [0.15, 0.2) is 5.16 Å². The van der Waals surface area contributed by atoms with Crippen LogP contribution in [0.3, 0.4) is 0 Å². The Morgan fingerprint density at radius 2 is 2.00 bits per heavy atom. The molecule has 0 bridgehead atoms. The van der Waals surface area contributed by atoms with E-state index >= 15 is 0 Å². The van der Waals surface area contributed by atoms with Crippen molar-refractivity contribution in [2.24, 2.45) is 0 Å². The monoisotopic (exact) mass is 220 g/mol. The van der Waals surface area contributed by atoms with Gasteiger partial charge in [0, 0.05) is 23.4 Å². The molecule has 0 amide bonds. The number of nitrogens with zero attached hydrogens (tertiary/aromatic N) is 2. The topological polar surface area (TPSA) is 56.0 Å². The molecule has 76 valence electrons. The van der Waals surface area contributed by atoms with E-state index in [-0.39, 0.29) is 5.63 Å². The van der Waals surface area contributed by atoms with Crippen LogP contribution >= 0.6 is 11.8 Å². The molecule has 2 aromatic rings. The van der Waals surface area contributed by atoms with E-state index in [0.717, 1.165) is 4.90 Å². The summed E-state index contributed by atoms with van der Waals surface area (Å²) in [7, 11) is 0. The average molecular weight is 220 g/mol. The fourth-order valence-corrected chi connectivity index (χ4v) is 1.90. The van der Waals surface area contributed by atoms with Gasteiger partial charge in [0.25, 0.3) is 0 Å². The van der Waals surface area contributed by atoms with E-state index in [1.165, 1.54) is 17.8 Å². The van der Waals surface area contributed by atoms with Crippen molar-refractivity contribution in [1.29, 1.82) is 0 Å². The Morgan fingerprint density at radius 3 is 2.67 bits per heavy atom. The van der Waals surface area contributed by atoms with Crippen molar-refractivity contribution >= 4 is 11.8 Å². The van der Waals surface area contributed by atoms with E-state index in [2.05, 4.69) is 9.97 Å². The maximum atomic E-state index is 11.1. The lowest BCUT2D eigenvalue weighted by Crippen LogP contribution is -1.97. The molecular formula is C10H8N2O2S. The van der Waals surface area contributed by atoms with Crippen molar-refractivity contribution in [3.8, 4) is 0 Å². The molecule has 0 atom stereocenters. The summed E-state index contributed by atoms with van der Waals surface area (Å²) in [6.07, 6.45) is 3.32. The van der Waals surface area contributed by atoms with Gasteiger partial charge in [-0.25, -0.2) is 14.8 Å². The van der Waals surface area contributed by atoms with Crippen molar-refractivity contribution in [3.05, 3.63) is 46.8 Å². The molecule has 0 spiro atoms. The van der Waals surface area contributed by atoms with Crippen LogP contribution in [-0.4, -0.2) is 9.97 Å². The second-order valence-electron chi connectivity index (χ2n) is 2.86. The highest BCUT2D eigenvalue weighted by molar-refractivity contribution is 7.99. The van der Waals surface area contributed by atoms with Gasteiger partial charge >= 0.3 is 5.63 Å². The van der Waals surface area contributed by atoms with Crippen molar-refractivity contribution in [2.45, 2.75) is 17.0 Å². The van der Waals surface area contributed by atoms with Gasteiger partial charge in [-0.1, -0.05) is 0 Å². The number of rotatable bonds is 2. The van der Waals surface area contributed by atoms with Gasteiger partial charge in [-0.15, -0.1) is 0 Å². The van der Waals surface area contributed by atoms with Gasteiger partial charge in [-0.2, -0.15) is 0 Å². The summed E-state index contributed by atoms with van der Waals surface area (Å²) in [6.45, 7) is 1.73. The summed E-state index contributed by atoms with van der Waals surface area (Å²) in [5.41, 5.74) is -0.353.